The van der Waals surface area contributed by atoms with Crippen LogP contribution in [0, 0.1) is 5.92 Å². The third-order valence-electron chi connectivity index (χ3n) is 5.97. The zero-order valence-electron chi connectivity index (χ0n) is 17.1. The molecule has 0 bridgehead atoms. The summed E-state index contributed by atoms with van der Waals surface area (Å²) in [6.07, 6.45) is 8.72. The van der Waals surface area contributed by atoms with Gasteiger partial charge in [-0.2, -0.15) is 4.37 Å². The number of anilines is 1. The second-order valence-electron chi connectivity index (χ2n) is 8.15. The van der Waals surface area contributed by atoms with Crippen LogP contribution < -0.4 is 15.0 Å². The van der Waals surface area contributed by atoms with Crippen LogP contribution in [-0.2, 0) is 11.2 Å². The van der Waals surface area contributed by atoms with Crippen LogP contribution in [0.15, 0.2) is 24.3 Å². The second kappa shape index (κ2) is 9.57. The number of nitrogens with one attached hydrogen (secondary N) is 1. The summed E-state index contributed by atoms with van der Waals surface area (Å²) in [5.74, 6) is 1.95. The molecule has 1 saturated carbocycles. The number of ether oxygens (including phenoxy) is 1. The van der Waals surface area contributed by atoms with Crippen molar-refractivity contribution in [1.82, 2.24) is 14.7 Å². The van der Waals surface area contributed by atoms with Gasteiger partial charge in [0.25, 0.3) is 0 Å². The second-order valence-corrected chi connectivity index (χ2v) is 8.88. The minimum atomic E-state index is 0.0522. The number of hydrogen-bond donors (Lipinski definition) is 1. The number of piperidine rings is 1. The summed E-state index contributed by atoms with van der Waals surface area (Å²) in [6.45, 7) is 1.69. The average molecular weight is 415 g/mol. The van der Waals surface area contributed by atoms with Crippen molar-refractivity contribution in [3.8, 4) is 5.75 Å². The minimum Gasteiger partial charge on any atom is -0.497 e. The first kappa shape index (κ1) is 20.1. The summed E-state index contributed by atoms with van der Waals surface area (Å²) < 4.78 is 9.85. The molecule has 0 spiro atoms. The normalized spacial score (nSPS) is 20.4. The highest BCUT2D eigenvalue weighted by Gasteiger charge is 2.29. The molecule has 0 unspecified atom stereocenters. The molecular weight excluding hydrogens is 384 g/mol. The lowest BCUT2D eigenvalue weighted by molar-refractivity contribution is -0.126. The van der Waals surface area contributed by atoms with E-state index < -0.39 is 0 Å². The lowest BCUT2D eigenvalue weighted by Crippen LogP contribution is -2.46. The van der Waals surface area contributed by atoms with Crippen molar-refractivity contribution >= 4 is 22.6 Å². The molecule has 1 aromatic carbocycles. The summed E-state index contributed by atoms with van der Waals surface area (Å²) in [4.78, 5) is 19.8. The first-order valence-electron chi connectivity index (χ1n) is 10.7. The lowest BCUT2D eigenvalue weighted by atomic mass is 9.93. The summed E-state index contributed by atoms with van der Waals surface area (Å²) in [6, 6.07) is 8.39. The van der Waals surface area contributed by atoms with Crippen LogP contribution in [-0.4, -0.2) is 41.5 Å². The standard InChI is InChI=1S/C22H30N4O2S/c1-28-19-11-5-7-16(13-19)14-20-24-22(29-25-20)26-12-6-8-17(15-26)21(27)23-18-9-3-2-4-10-18/h5,7,11,13,17-18H,2-4,6,8-10,12,14-15H2,1H3,(H,23,27)/t17-/m0/s1. The van der Waals surface area contributed by atoms with Crippen LogP contribution in [0.25, 0.3) is 0 Å². The lowest BCUT2D eigenvalue weighted by Gasteiger charge is -2.33. The highest BCUT2D eigenvalue weighted by molar-refractivity contribution is 7.09. The Kier molecular flexibility index (Phi) is 6.64. The Bertz CT molecular complexity index is 819. The van der Waals surface area contributed by atoms with Crippen LogP contribution in [0.5, 0.6) is 5.75 Å². The van der Waals surface area contributed by atoms with Gasteiger partial charge in [-0.1, -0.05) is 31.4 Å². The van der Waals surface area contributed by atoms with E-state index in [9.17, 15) is 4.79 Å². The third kappa shape index (κ3) is 5.26. The average Bonchev–Trinajstić information content (AvgIpc) is 3.23. The Balaban J connectivity index is 1.35. The monoisotopic (exact) mass is 414 g/mol. The van der Waals surface area contributed by atoms with Crippen molar-refractivity contribution < 1.29 is 9.53 Å². The molecule has 0 radical (unpaired) electrons. The first-order chi connectivity index (χ1) is 14.2. The van der Waals surface area contributed by atoms with Crippen LogP contribution in [0.4, 0.5) is 5.13 Å². The SMILES string of the molecule is COc1cccc(Cc2nsc(N3CCC[C@H](C(=O)NC4CCCCC4)C3)n2)c1. The molecule has 156 valence electrons. The van der Waals surface area contributed by atoms with E-state index in [4.69, 9.17) is 9.72 Å². The molecule has 1 aliphatic carbocycles. The molecule has 1 N–H and O–H groups in total. The highest BCUT2D eigenvalue weighted by Crippen LogP contribution is 2.26. The molecule has 2 heterocycles. The Morgan fingerprint density at radius 1 is 1.24 bits per heavy atom. The Hall–Kier alpha value is -2.15. The topological polar surface area (TPSA) is 67.3 Å². The maximum Gasteiger partial charge on any atom is 0.225 e. The molecule has 2 aliphatic rings. The molecule has 1 saturated heterocycles. The Labute approximate surface area is 176 Å². The number of nitrogens with zero attached hydrogens (tertiary/aromatic N) is 3. The minimum absolute atomic E-state index is 0.0522. The van der Waals surface area contributed by atoms with Crippen molar-refractivity contribution in [3.63, 3.8) is 0 Å². The van der Waals surface area contributed by atoms with E-state index in [0.29, 0.717) is 12.5 Å². The van der Waals surface area contributed by atoms with Crippen LogP contribution in [0.2, 0.25) is 0 Å². The Morgan fingerprint density at radius 3 is 2.93 bits per heavy atom. The van der Waals surface area contributed by atoms with Gasteiger partial charge in [-0.15, -0.1) is 0 Å². The van der Waals surface area contributed by atoms with Gasteiger partial charge in [-0.25, -0.2) is 4.98 Å². The molecule has 7 heteroatoms. The molecule has 1 aliphatic heterocycles. The fourth-order valence-electron chi connectivity index (χ4n) is 4.34. The van der Waals surface area contributed by atoms with E-state index in [-0.39, 0.29) is 11.8 Å². The van der Waals surface area contributed by atoms with E-state index >= 15 is 0 Å². The van der Waals surface area contributed by atoms with Gasteiger partial charge < -0.3 is 15.0 Å². The first-order valence-corrected chi connectivity index (χ1v) is 11.5. The third-order valence-corrected chi connectivity index (χ3v) is 6.78. The summed E-state index contributed by atoms with van der Waals surface area (Å²) >= 11 is 1.44. The summed E-state index contributed by atoms with van der Waals surface area (Å²) in [5.41, 5.74) is 1.14. The van der Waals surface area contributed by atoms with E-state index in [1.54, 1.807) is 7.11 Å². The molecule has 4 rings (SSSR count). The molecular formula is C22H30N4O2S. The predicted molar refractivity (Wildman–Crippen MR) is 116 cm³/mol. The van der Waals surface area contributed by atoms with Crippen molar-refractivity contribution in [3.05, 3.63) is 35.7 Å². The smallest absolute Gasteiger partial charge is 0.225 e. The van der Waals surface area contributed by atoms with Gasteiger partial charge in [0.15, 0.2) is 0 Å². The quantitative estimate of drug-likeness (QED) is 0.779. The number of methoxy groups -OCH3 is 1. The van der Waals surface area contributed by atoms with Gasteiger partial charge in [0.2, 0.25) is 11.0 Å². The van der Waals surface area contributed by atoms with Gasteiger partial charge in [-0.05, 0) is 43.4 Å². The van der Waals surface area contributed by atoms with Crippen LogP contribution in [0.1, 0.15) is 56.3 Å². The summed E-state index contributed by atoms with van der Waals surface area (Å²) in [7, 11) is 1.68. The summed E-state index contributed by atoms with van der Waals surface area (Å²) in [5, 5.41) is 4.23. The van der Waals surface area contributed by atoms with Crippen LogP contribution >= 0.6 is 11.5 Å². The van der Waals surface area contributed by atoms with E-state index in [0.717, 1.165) is 61.0 Å². The zero-order chi connectivity index (χ0) is 20.1. The van der Waals surface area contributed by atoms with Gasteiger partial charge in [0.1, 0.15) is 11.6 Å². The Morgan fingerprint density at radius 2 is 2.10 bits per heavy atom. The van der Waals surface area contributed by atoms with Gasteiger partial charge in [0, 0.05) is 37.1 Å². The fourth-order valence-corrected chi connectivity index (χ4v) is 5.06. The zero-order valence-corrected chi connectivity index (χ0v) is 17.9. The van der Waals surface area contributed by atoms with Crippen molar-refractivity contribution in [2.24, 2.45) is 5.92 Å². The molecule has 29 heavy (non-hydrogen) atoms. The molecule has 1 aromatic heterocycles. The van der Waals surface area contributed by atoms with E-state index in [1.807, 2.05) is 18.2 Å². The maximum absolute atomic E-state index is 12.8. The predicted octanol–water partition coefficient (Wildman–Crippen LogP) is 3.80. The molecule has 1 atom stereocenters. The number of benzene rings is 1. The van der Waals surface area contributed by atoms with Gasteiger partial charge in [0.05, 0.1) is 13.0 Å². The van der Waals surface area contributed by atoms with Crippen molar-refractivity contribution in [2.45, 2.75) is 57.4 Å². The molecule has 6 nitrogen and oxygen atoms in total. The number of amides is 1. The largest absolute Gasteiger partial charge is 0.497 e. The van der Waals surface area contributed by atoms with E-state index in [2.05, 4.69) is 20.7 Å². The number of aromatic nitrogens is 2. The highest BCUT2D eigenvalue weighted by atomic mass is 32.1. The molecule has 1 amide bonds. The number of carbonyl (C=O) groups excluding carboxylic acids is 1. The van der Waals surface area contributed by atoms with Gasteiger partial charge >= 0.3 is 0 Å². The molecule has 2 aromatic rings. The number of rotatable bonds is 6. The molecule has 2 fully saturated rings. The maximum atomic E-state index is 12.8. The van der Waals surface area contributed by atoms with Gasteiger partial charge in [-0.3, -0.25) is 4.79 Å². The van der Waals surface area contributed by atoms with Crippen molar-refractivity contribution in [2.75, 3.05) is 25.1 Å². The number of carbonyl (C=O) groups is 1. The fraction of sp³-hybridized carbons (Fsp3) is 0.591. The van der Waals surface area contributed by atoms with E-state index in [1.165, 1.54) is 30.8 Å². The number of hydrogen-bond acceptors (Lipinski definition) is 6. The van der Waals surface area contributed by atoms with Crippen molar-refractivity contribution in [1.29, 1.82) is 0 Å². The van der Waals surface area contributed by atoms with Crippen LogP contribution in [0.3, 0.4) is 0 Å².